The van der Waals surface area contributed by atoms with Crippen LogP contribution in [-0.2, 0) is 19.3 Å². The van der Waals surface area contributed by atoms with Gasteiger partial charge in [0.1, 0.15) is 11.6 Å². The first kappa shape index (κ1) is 11.2. The molecule has 3 rings (SSSR count). The molecule has 0 unspecified atom stereocenters. The van der Waals surface area contributed by atoms with E-state index in [-0.39, 0.29) is 0 Å². The highest BCUT2D eigenvalue weighted by Gasteiger charge is 2.18. The molecule has 0 radical (unpaired) electrons. The maximum absolute atomic E-state index is 5.54. The SMILES string of the molecule is NNc1nc(Cc2ccccc2)nc2c1CCC2. The van der Waals surface area contributed by atoms with Gasteiger partial charge in [0.15, 0.2) is 0 Å². The first-order chi connectivity index (χ1) is 8.86. The number of nitrogens with one attached hydrogen (secondary N) is 1. The van der Waals surface area contributed by atoms with Crippen LogP contribution in [0.5, 0.6) is 0 Å². The van der Waals surface area contributed by atoms with Crippen molar-refractivity contribution in [3.8, 4) is 0 Å². The van der Waals surface area contributed by atoms with Crippen LogP contribution in [0, 0.1) is 0 Å². The Kier molecular flexibility index (Phi) is 2.94. The van der Waals surface area contributed by atoms with Gasteiger partial charge in [-0.05, 0) is 24.8 Å². The lowest BCUT2D eigenvalue weighted by Crippen LogP contribution is -2.14. The fourth-order valence-corrected chi connectivity index (χ4v) is 2.46. The Bertz CT molecular complexity index is 551. The average molecular weight is 240 g/mol. The maximum atomic E-state index is 5.54. The van der Waals surface area contributed by atoms with Crippen molar-refractivity contribution in [1.82, 2.24) is 9.97 Å². The van der Waals surface area contributed by atoms with Crippen LogP contribution in [0.4, 0.5) is 5.82 Å². The molecule has 0 saturated carbocycles. The third kappa shape index (κ3) is 2.07. The van der Waals surface area contributed by atoms with Crippen molar-refractivity contribution < 1.29 is 0 Å². The number of hydrogen-bond donors (Lipinski definition) is 2. The fraction of sp³-hybridized carbons (Fsp3) is 0.286. The van der Waals surface area contributed by atoms with Crippen molar-refractivity contribution in [3.05, 3.63) is 53.0 Å². The number of aryl methyl sites for hydroxylation is 1. The zero-order chi connectivity index (χ0) is 12.4. The van der Waals surface area contributed by atoms with Crippen LogP contribution >= 0.6 is 0 Å². The highest BCUT2D eigenvalue weighted by Crippen LogP contribution is 2.26. The lowest BCUT2D eigenvalue weighted by molar-refractivity contribution is 0.885. The summed E-state index contributed by atoms with van der Waals surface area (Å²) in [6.45, 7) is 0. The van der Waals surface area contributed by atoms with Gasteiger partial charge in [0, 0.05) is 17.7 Å². The van der Waals surface area contributed by atoms with Gasteiger partial charge in [-0.25, -0.2) is 15.8 Å². The number of aromatic nitrogens is 2. The van der Waals surface area contributed by atoms with Crippen LogP contribution in [0.15, 0.2) is 30.3 Å². The molecule has 1 heterocycles. The predicted octanol–water partition coefficient (Wildman–Crippen LogP) is 1.84. The topological polar surface area (TPSA) is 63.8 Å². The molecule has 1 aliphatic rings. The summed E-state index contributed by atoms with van der Waals surface area (Å²) in [6, 6.07) is 10.3. The molecule has 2 aromatic rings. The molecule has 1 aromatic carbocycles. The van der Waals surface area contributed by atoms with Gasteiger partial charge in [-0.1, -0.05) is 30.3 Å². The summed E-state index contributed by atoms with van der Waals surface area (Å²) in [6.07, 6.45) is 3.96. The van der Waals surface area contributed by atoms with Gasteiger partial charge in [0.05, 0.1) is 0 Å². The van der Waals surface area contributed by atoms with Crippen LogP contribution < -0.4 is 11.3 Å². The minimum Gasteiger partial charge on any atom is -0.308 e. The molecule has 0 fully saturated rings. The monoisotopic (exact) mass is 240 g/mol. The molecule has 92 valence electrons. The van der Waals surface area contributed by atoms with Crippen LogP contribution in [0.1, 0.15) is 29.1 Å². The Hall–Kier alpha value is -1.94. The van der Waals surface area contributed by atoms with Gasteiger partial charge in [0.25, 0.3) is 0 Å². The summed E-state index contributed by atoms with van der Waals surface area (Å²) in [7, 11) is 0. The molecule has 1 aromatic heterocycles. The van der Waals surface area contributed by atoms with Crippen molar-refractivity contribution in [1.29, 1.82) is 0 Å². The first-order valence-corrected chi connectivity index (χ1v) is 6.26. The molecule has 0 saturated heterocycles. The Morgan fingerprint density at radius 3 is 2.72 bits per heavy atom. The lowest BCUT2D eigenvalue weighted by atomic mass is 10.1. The molecular weight excluding hydrogens is 224 g/mol. The van der Waals surface area contributed by atoms with Crippen molar-refractivity contribution in [2.75, 3.05) is 5.43 Å². The normalized spacial score (nSPS) is 13.4. The van der Waals surface area contributed by atoms with Gasteiger partial charge < -0.3 is 5.43 Å². The van der Waals surface area contributed by atoms with Crippen molar-refractivity contribution in [3.63, 3.8) is 0 Å². The maximum Gasteiger partial charge on any atom is 0.147 e. The Balaban J connectivity index is 1.94. The molecular formula is C14H16N4. The minimum absolute atomic E-state index is 0.753. The molecule has 4 nitrogen and oxygen atoms in total. The van der Waals surface area contributed by atoms with E-state index < -0.39 is 0 Å². The zero-order valence-electron chi connectivity index (χ0n) is 10.2. The van der Waals surface area contributed by atoms with Gasteiger partial charge in [-0.15, -0.1) is 0 Å². The summed E-state index contributed by atoms with van der Waals surface area (Å²) in [4.78, 5) is 9.16. The lowest BCUT2D eigenvalue weighted by Gasteiger charge is -2.09. The smallest absolute Gasteiger partial charge is 0.147 e. The number of nitrogens with two attached hydrogens (primary N) is 1. The van der Waals surface area contributed by atoms with Crippen LogP contribution in [0.2, 0.25) is 0 Å². The van der Waals surface area contributed by atoms with E-state index >= 15 is 0 Å². The largest absolute Gasteiger partial charge is 0.308 e. The molecule has 1 aliphatic carbocycles. The van der Waals surface area contributed by atoms with Crippen molar-refractivity contribution in [2.45, 2.75) is 25.7 Å². The molecule has 18 heavy (non-hydrogen) atoms. The summed E-state index contributed by atoms with van der Waals surface area (Å²) < 4.78 is 0. The van der Waals surface area contributed by atoms with Crippen LogP contribution in [-0.4, -0.2) is 9.97 Å². The highest BCUT2D eigenvalue weighted by molar-refractivity contribution is 5.48. The number of hydrazine groups is 1. The Morgan fingerprint density at radius 1 is 1.11 bits per heavy atom. The molecule has 0 bridgehead atoms. The quantitative estimate of drug-likeness (QED) is 0.634. The van der Waals surface area contributed by atoms with Gasteiger partial charge in [0.2, 0.25) is 0 Å². The van der Waals surface area contributed by atoms with E-state index in [1.165, 1.54) is 11.1 Å². The fourth-order valence-electron chi connectivity index (χ4n) is 2.46. The van der Waals surface area contributed by atoms with Gasteiger partial charge in [-0.2, -0.15) is 0 Å². The van der Waals surface area contributed by atoms with E-state index in [2.05, 4.69) is 27.5 Å². The zero-order valence-corrected chi connectivity index (χ0v) is 10.2. The van der Waals surface area contributed by atoms with Crippen molar-refractivity contribution in [2.24, 2.45) is 5.84 Å². The number of rotatable bonds is 3. The standard InChI is InChI=1S/C14H16N4/c15-18-14-11-7-4-8-12(11)16-13(17-14)9-10-5-2-1-3-6-10/h1-3,5-6H,4,7-9,15H2,(H,16,17,18). The second-order valence-electron chi connectivity index (χ2n) is 4.57. The predicted molar refractivity (Wildman–Crippen MR) is 71.1 cm³/mol. The number of anilines is 1. The van der Waals surface area contributed by atoms with Gasteiger partial charge >= 0.3 is 0 Å². The Labute approximate surface area is 106 Å². The number of nitrogen functional groups attached to an aromatic ring is 1. The molecule has 0 spiro atoms. The van der Waals surface area contributed by atoms with E-state index in [4.69, 9.17) is 5.84 Å². The Morgan fingerprint density at radius 2 is 1.94 bits per heavy atom. The number of nitrogens with zero attached hydrogens (tertiary/aromatic N) is 2. The summed E-state index contributed by atoms with van der Waals surface area (Å²) in [5.41, 5.74) is 6.27. The van der Waals surface area contributed by atoms with E-state index in [0.717, 1.165) is 43.0 Å². The van der Waals surface area contributed by atoms with Gasteiger partial charge in [-0.3, -0.25) is 0 Å². The molecule has 0 atom stereocenters. The number of hydrogen-bond acceptors (Lipinski definition) is 4. The molecule has 4 heteroatoms. The highest BCUT2D eigenvalue weighted by atomic mass is 15.3. The van der Waals surface area contributed by atoms with Crippen molar-refractivity contribution >= 4 is 5.82 Å². The van der Waals surface area contributed by atoms with E-state index in [0.29, 0.717) is 0 Å². The number of benzene rings is 1. The second-order valence-corrected chi connectivity index (χ2v) is 4.57. The second kappa shape index (κ2) is 4.74. The minimum atomic E-state index is 0.753. The van der Waals surface area contributed by atoms with E-state index in [1.807, 2.05) is 18.2 Å². The molecule has 3 N–H and O–H groups in total. The summed E-state index contributed by atoms with van der Waals surface area (Å²) in [5, 5.41) is 0. The average Bonchev–Trinajstić information content (AvgIpc) is 2.87. The molecule has 0 aliphatic heterocycles. The summed E-state index contributed by atoms with van der Waals surface area (Å²) >= 11 is 0. The third-order valence-electron chi connectivity index (χ3n) is 3.32. The van der Waals surface area contributed by atoms with Crippen LogP contribution in [0.25, 0.3) is 0 Å². The molecule has 0 amide bonds. The van der Waals surface area contributed by atoms with E-state index in [9.17, 15) is 0 Å². The summed E-state index contributed by atoms with van der Waals surface area (Å²) in [5.74, 6) is 7.18. The van der Waals surface area contributed by atoms with E-state index in [1.54, 1.807) is 0 Å². The first-order valence-electron chi connectivity index (χ1n) is 6.26. The third-order valence-corrected chi connectivity index (χ3v) is 3.32. The van der Waals surface area contributed by atoms with Crippen LogP contribution in [0.3, 0.4) is 0 Å². The number of fused-ring (bicyclic) bond motifs is 1.